The molecule has 2 amide bonds. The van der Waals surface area contributed by atoms with E-state index in [1.807, 2.05) is 0 Å². The number of hydrogen-bond acceptors (Lipinski definition) is 3. The molecule has 2 heterocycles. The molecule has 1 aromatic heterocycles. The fraction of sp³-hybridized carbons (Fsp3) is 0.133. The van der Waals surface area contributed by atoms with E-state index >= 15 is 0 Å². The minimum Gasteiger partial charge on any atom is -0.478 e. The summed E-state index contributed by atoms with van der Waals surface area (Å²) < 4.78 is 0. The lowest BCUT2D eigenvalue weighted by Crippen LogP contribution is -2.33. The molecule has 2 aromatic rings. The number of amides is 2. The number of pyridine rings is 1. The van der Waals surface area contributed by atoms with Gasteiger partial charge in [-0.05, 0) is 36.2 Å². The van der Waals surface area contributed by atoms with Crippen molar-refractivity contribution < 1.29 is 14.7 Å². The zero-order chi connectivity index (χ0) is 14.8. The molecule has 0 atom stereocenters. The number of carbonyl (C=O) groups is 2. The van der Waals surface area contributed by atoms with Crippen molar-refractivity contribution in [3.8, 4) is 0 Å². The van der Waals surface area contributed by atoms with Crippen molar-refractivity contribution in [1.29, 1.82) is 0 Å². The standard InChI is InChI=1S/C15H13N3O3/c19-14(20)11-4-3-10-5-7-18(13(10)8-11)15(21)17-12-2-1-6-16-9-12/h1-4,6,8-9H,5,7H2,(H,17,21)(H,19,20). The van der Waals surface area contributed by atoms with Crippen LogP contribution >= 0.6 is 0 Å². The second-order valence-electron chi connectivity index (χ2n) is 4.72. The molecule has 1 aliphatic heterocycles. The van der Waals surface area contributed by atoms with Crippen LogP contribution in [0.4, 0.5) is 16.2 Å². The number of hydrogen-bond donors (Lipinski definition) is 2. The lowest BCUT2D eigenvalue weighted by Gasteiger charge is -2.18. The Balaban J connectivity index is 1.84. The lowest BCUT2D eigenvalue weighted by molar-refractivity contribution is 0.0697. The van der Waals surface area contributed by atoms with Crippen LogP contribution in [0.1, 0.15) is 15.9 Å². The number of aromatic nitrogens is 1. The Hall–Kier alpha value is -2.89. The monoisotopic (exact) mass is 283 g/mol. The van der Waals surface area contributed by atoms with E-state index in [0.717, 1.165) is 12.0 Å². The molecular formula is C15H13N3O3. The summed E-state index contributed by atoms with van der Waals surface area (Å²) >= 11 is 0. The Kier molecular flexibility index (Phi) is 3.27. The predicted octanol–water partition coefficient (Wildman–Crippen LogP) is 2.37. The summed E-state index contributed by atoms with van der Waals surface area (Å²) in [6.45, 7) is 0.532. The molecule has 0 bridgehead atoms. The number of fused-ring (bicyclic) bond motifs is 1. The second kappa shape index (κ2) is 5.24. The van der Waals surface area contributed by atoms with Crippen LogP contribution < -0.4 is 10.2 Å². The molecule has 0 saturated heterocycles. The van der Waals surface area contributed by atoms with Gasteiger partial charge in [0, 0.05) is 18.4 Å². The average Bonchev–Trinajstić information content (AvgIpc) is 2.91. The summed E-state index contributed by atoms with van der Waals surface area (Å²) in [4.78, 5) is 28.8. The highest BCUT2D eigenvalue weighted by molar-refractivity contribution is 6.04. The van der Waals surface area contributed by atoms with Gasteiger partial charge < -0.3 is 10.4 Å². The van der Waals surface area contributed by atoms with Gasteiger partial charge in [-0.15, -0.1) is 0 Å². The summed E-state index contributed by atoms with van der Waals surface area (Å²) in [6.07, 6.45) is 3.90. The third kappa shape index (κ3) is 2.55. The van der Waals surface area contributed by atoms with Crippen molar-refractivity contribution in [3.63, 3.8) is 0 Å². The smallest absolute Gasteiger partial charge is 0.335 e. The third-order valence-corrected chi connectivity index (χ3v) is 3.39. The quantitative estimate of drug-likeness (QED) is 0.886. The Morgan fingerprint density at radius 2 is 2.14 bits per heavy atom. The first kappa shape index (κ1) is 13.1. The third-order valence-electron chi connectivity index (χ3n) is 3.39. The van der Waals surface area contributed by atoms with E-state index in [2.05, 4.69) is 10.3 Å². The maximum Gasteiger partial charge on any atom is 0.335 e. The van der Waals surface area contributed by atoms with Crippen molar-refractivity contribution in [2.45, 2.75) is 6.42 Å². The molecule has 0 saturated carbocycles. The number of carboxylic acid groups (broad SMARTS) is 1. The SMILES string of the molecule is O=C(O)c1ccc2c(c1)N(C(=O)Nc1cccnc1)CC2. The van der Waals surface area contributed by atoms with Gasteiger partial charge in [-0.1, -0.05) is 6.07 Å². The van der Waals surface area contributed by atoms with Crippen LogP contribution in [0.25, 0.3) is 0 Å². The lowest BCUT2D eigenvalue weighted by atomic mass is 10.1. The van der Waals surface area contributed by atoms with Crippen molar-refractivity contribution >= 4 is 23.4 Å². The fourth-order valence-corrected chi connectivity index (χ4v) is 2.35. The summed E-state index contributed by atoms with van der Waals surface area (Å²) in [7, 11) is 0. The molecule has 2 N–H and O–H groups in total. The number of carboxylic acids is 1. The predicted molar refractivity (Wildman–Crippen MR) is 77.7 cm³/mol. The van der Waals surface area contributed by atoms with E-state index in [1.54, 1.807) is 41.6 Å². The first-order valence-corrected chi connectivity index (χ1v) is 6.50. The van der Waals surface area contributed by atoms with Crippen LogP contribution in [0, 0.1) is 0 Å². The Labute approximate surface area is 121 Å². The number of nitrogens with zero attached hydrogens (tertiary/aromatic N) is 2. The van der Waals surface area contributed by atoms with Crippen LogP contribution in [0.2, 0.25) is 0 Å². The molecule has 0 unspecified atom stereocenters. The van der Waals surface area contributed by atoms with Gasteiger partial charge in [0.05, 0.1) is 17.4 Å². The zero-order valence-electron chi connectivity index (χ0n) is 11.1. The largest absolute Gasteiger partial charge is 0.478 e. The molecular weight excluding hydrogens is 270 g/mol. The number of aromatic carboxylic acids is 1. The van der Waals surface area contributed by atoms with E-state index in [9.17, 15) is 9.59 Å². The summed E-state index contributed by atoms with van der Waals surface area (Å²) in [6, 6.07) is 8.04. The number of nitrogens with one attached hydrogen (secondary N) is 1. The average molecular weight is 283 g/mol. The molecule has 106 valence electrons. The normalized spacial score (nSPS) is 12.9. The van der Waals surface area contributed by atoms with Crippen LogP contribution in [0.5, 0.6) is 0 Å². The van der Waals surface area contributed by atoms with Gasteiger partial charge in [-0.3, -0.25) is 9.88 Å². The van der Waals surface area contributed by atoms with Gasteiger partial charge in [0.25, 0.3) is 0 Å². The Morgan fingerprint density at radius 3 is 2.86 bits per heavy atom. The van der Waals surface area contributed by atoms with Crippen LogP contribution in [0.3, 0.4) is 0 Å². The number of carbonyl (C=O) groups excluding carboxylic acids is 1. The highest BCUT2D eigenvalue weighted by Gasteiger charge is 2.25. The van der Waals surface area contributed by atoms with E-state index in [-0.39, 0.29) is 11.6 Å². The first-order valence-electron chi connectivity index (χ1n) is 6.50. The van der Waals surface area contributed by atoms with Crippen LogP contribution in [-0.2, 0) is 6.42 Å². The van der Waals surface area contributed by atoms with E-state index in [0.29, 0.717) is 17.9 Å². The molecule has 1 aliphatic rings. The summed E-state index contributed by atoms with van der Waals surface area (Å²) in [5.74, 6) is -1.00. The number of urea groups is 1. The molecule has 0 spiro atoms. The number of benzene rings is 1. The van der Waals surface area contributed by atoms with Crippen molar-refractivity contribution in [2.24, 2.45) is 0 Å². The van der Waals surface area contributed by atoms with Crippen molar-refractivity contribution in [1.82, 2.24) is 4.98 Å². The highest BCUT2D eigenvalue weighted by atomic mass is 16.4. The molecule has 0 fully saturated rings. The van der Waals surface area contributed by atoms with Crippen LogP contribution in [0.15, 0.2) is 42.7 Å². The van der Waals surface area contributed by atoms with Crippen molar-refractivity contribution in [2.75, 3.05) is 16.8 Å². The van der Waals surface area contributed by atoms with Gasteiger partial charge in [0.2, 0.25) is 0 Å². The summed E-state index contributed by atoms with van der Waals surface area (Å²) in [5, 5.41) is 11.8. The first-order chi connectivity index (χ1) is 10.1. The van der Waals surface area contributed by atoms with Crippen LogP contribution in [-0.4, -0.2) is 28.6 Å². The Bertz CT molecular complexity index is 701. The van der Waals surface area contributed by atoms with Gasteiger partial charge in [-0.25, -0.2) is 9.59 Å². The minimum atomic E-state index is -1.00. The van der Waals surface area contributed by atoms with Gasteiger partial charge in [-0.2, -0.15) is 0 Å². The van der Waals surface area contributed by atoms with E-state index in [1.165, 1.54) is 6.07 Å². The highest BCUT2D eigenvalue weighted by Crippen LogP contribution is 2.29. The number of rotatable bonds is 2. The van der Waals surface area contributed by atoms with Gasteiger partial charge >= 0.3 is 12.0 Å². The maximum atomic E-state index is 12.3. The fourth-order valence-electron chi connectivity index (χ4n) is 2.35. The minimum absolute atomic E-state index is 0.176. The molecule has 6 nitrogen and oxygen atoms in total. The molecule has 6 heteroatoms. The second-order valence-corrected chi connectivity index (χ2v) is 4.72. The zero-order valence-corrected chi connectivity index (χ0v) is 11.1. The topological polar surface area (TPSA) is 82.5 Å². The molecule has 0 radical (unpaired) electrons. The number of anilines is 2. The van der Waals surface area contributed by atoms with E-state index < -0.39 is 5.97 Å². The molecule has 21 heavy (non-hydrogen) atoms. The molecule has 3 rings (SSSR count). The van der Waals surface area contributed by atoms with Gasteiger partial charge in [0.1, 0.15) is 0 Å². The molecule has 0 aliphatic carbocycles. The molecule has 1 aromatic carbocycles. The Morgan fingerprint density at radius 1 is 1.29 bits per heavy atom. The van der Waals surface area contributed by atoms with Crippen molar-refractivity contribution in [3.05, 3.63) is 53.9 Å². The maximum absolute atomic E-state index is 12.3. The van der Waals surface area contributed by atoms with E-state index in [4.69, 9.17) is 5.11 Å². The van der Waals surface area contributed by atoms with Gasteiger partial charge in [0.15, 0.2) is 0 Å². The summed E-state index contributed by atoms with van der Waals surface area (Å²) in [5.41, 5.74) is 2.40.